The normalized spacial score (nSPS) is 10.7. The van der Waals surface area contributed by atoms with Crippen molar-refractivity contribution < 1.29 is 15.0 Å². The number of aliphatic hydroxyl groups excluding tert-OH is 1. The molecule has 5 heteroatoms. The highest BCUT2D eigenvalue weighted by Crippen LogP contribution is 2.16. The van der Waals surface area contributed by atoms with Gasteiger partial charge in [0.1, 0.15) is 0 Å². The first-order valence-electron chi connectivity index (χ1n) is 6.02. The molecule has 5 nitrogen and oxygen atoms in total. The number of carbonyl (C=O) groups is 1. The van der Waals surface area contributed by atoms with Crippen LogP contribution in [0.15, 0.2) is 24.4 Å². The molecule has 1 heterocycles. The highest BCUT2D eigenvalue weighted by atomic mass is 16.4. The quantitative estimate of drug-likeness (QED) is 0.877. The molecule has 0 aliphatic carbocycles. The fourth-order valence-electron chi connectivity index (χ4n) is 2.11. The number of nitrogens with zero attached hydrogens (tertiary/aromatic N) is 2. The molecule has 0 unspecified atom stereocenters. The average molecular weight is 260 g/mol. The maximum absolute atomic E-state index is 11.1. The molecule has 0 fully saturated rings. The molecule has 0 saturated heterocycles. The number of aromatic carboxylic acids is 1. The van der Waals surface area contributed by atoms with Crippen LogP contribution in [0.1, 0.15) is 27.2 Å². The van der Waals surface area contributed by atoms with Gasteiger partial charge in [-0.15, -0.1) is 0 Å². The standard InChI is InChI=1S/C14H16N2O3/c1-9-5-10(2)7-12(6-9)16-8-11(3-4-17)13(15-16)14(18)19/h5-8,17H,3-4H2,1-2H3,(H,18,19). The van der Waals surface area contributed by atoms with Crippen molar-refractivity contribution in [1.29, 1.82) is 0 Å². The van der Waals surface area contributed by atoms with Gasteiger partial charge < -0.3 is 10.2 Å². The molecule has 1 aromatic carbocycles. The monoisotopic (exact) mass is 260 g/mol. The van der Waals surface area contributed by atoms with E-state index in [4.69, 9.17) is 10.2 Å². The number of hydrogen-bond acceptors (Lipinski definition) is 3. The molecule has 0 atom stereocenters. The Hall–Kier alpha value is -2.14. The molecule has 2 rings (SSSR count). The number of aryl methyl sites for hydroxylation is 2. The van der Waals surface area contributed by atoms with Crippen molar-refractivity contribution in [2.75, 3.05) is 6.61 Å². The van der Waals surface area contributed by atoms with Crippen molar-refractivity contribution >= 4 is 5.97 Å². The van der Waals surface area contributed by atoms with Gasteiger partial charge in [-0.05, 0) is 43.5 Å². The predicted molar refractivity (Wildman–Crippen MR) is 70.8 cm³/mol. The Morgan fingerprint density at radius 3 is 2.42 bits per heavy atom. The number of carboxylic acids is 1. The lowest BCUT2D eigenvalue weighted by atomic mass is 10.1. The molecule has 2 aromatic rings. The summed E-state index contributed by atoms with van der Waals surface area (Å²) in [5.41, 5.74) is 3.53. The molecule has 0 aliphatic heterocycles. The van der Waals surface area contributed by atoms with E-state index in [0.29, 0.717) is 5.56 Å². The smallest absolute Gasteiger partial charge is 0.356 e. The van der Waals surface area contributed by atoms with Crippen LogP contribution in [0.5, 0.6) is 0 Å². The second-order valence-electron chi connectivity index (χ2n) is 4.57. The minimum absolute atomic E-state index is 0.00629. The Kier molecular flexibility index (Phi) is 3.66. The van der Waals surface area contributed by atoms with Gasteiger partial charge in [-0.25, -0.2) is 9.48 Å². The molecule has 0 radical (unpaired) electrons. The first-order chi connectivity index (χ1) is 9.01. The summed E-state index contributed by atoms with van der Waals surface area (Å²) >= 11 is 0. The first kappa shape index (κ1) is 13.3. The molecule has 0 saturated carbocycles. The van der Waals surface area contributed by atoms with Gasteiger partial charge in [-0.3, -0.25) is 0 Å². The summed E-state index contributed by atoms with van der Waals surface area (Å²) in [5.74, 6) is -1.08. The predicted octanol–water partition coefficient (Wildman–Crippen LogP) is 1.72. The van der Waals surface area contributed by atoms with E-state index in [0.717, 1.165) is 16.8 Å². The maximum Gasteiger partial charge on any atom is 0.356 e. The molecule has 19 heavy (non-hydrogen) atoms. The fourth-order valence-corrected chi connectivity index (χ4v) is 2.11. The third kappa shape index (κ3) is 2.82. The first-order valence-corrected chi connectivity index (χ1v) is 6.02. The van der Waals surface area contributed by atoms with Crippen molar-refractivity contribution in [3.8, 4) is 5.69 Å². The van der Waals surface area contributed by atoms with E-state index in [1.807, 2.05) is 32.0 Å². The molecule has 100 valence electrons. The minimum atomic E-state index is -1.08. The molecule has 1 aromatic heterocycles. The van der Waals surface area contributed by atoms with Crippen LogP contribution in [0.25, 0.3) is 5.69 Å². The van der Waals surface area contributed by atoms with Crippen molar-refractivity contribution in [1.82, 2.24) is 9.78 Å². The Morgan fingerprint density at radius 2 is 1.89 bits per heavy atom. The van der Waals surface area contributed by atoms with Crippen LogP contribution < -0.4 is 0 Å². The summed E-state index contributed by atoms with van der Waals surface area (Å²) < 4.78 is 1.55. The van der Waals surface area contributed by atoms with Gasteiger partial charge in [0.05, 0.1) is 5.69 Å². The van der Waals surface area contributed by atoms with Crippen LogP contribution in [0.2, 0.25) is 0 Å². The van der Waals surface area contributed by atoms with Gasteiger partial charge in [0.2, 0.25) is 0 Å². The Morgan fingerprint density at radius 1 is 1.26 bits per heavy atom. The van der Waals surface area contributed by atoms with E-state index in [2.05, 4.69) is 5.10 Å². The summed E-state index contributed by atoms with van der Waals surface area (Å²) in [7, 11) is 0. The van der Waals surface area contributed by atoms with E-state index in [9.17, 15) is 4.79 Å². The number of carboxylic acid groups (broad SMARTS) is 1. The number of benzene rings is 1. The fraction of sp³-hybridized carbons (Fsp3) is 0.286. The van der Waals surface area contributed by atoms with Crippen LogP contribution in [-0.4, -0.2) is 32.6 Å². The second-order valence-corrected chi connectivity index (χ2v) is 4.57. The van der Waals surface area contributed by atoms with E-state index in [1.54, 1.807) is 10.9 Å². The molecule has 0 bridgehead atoms. The van der Waals surface area contributed by atoms with Gasteiger partial charge in [0.25, 0.3) is 0 Å². The van der Waals surface area contributed by atoms with E-state index < -0.39 is 5.97 Å². The summed E-state index contributed by atoms with van der Waals surface area (Å²) in [5, 5.41) is 22.2. The zero-order valence-corrected chi connectivity index (χ0v) is 10.9. The number of aliphatic hydroxyl groups is 1. The van der Waals surface area contributed by atoms with E-state index >= 15 is 0 Å². The lowest BCUT2D eigenvalue weighted by Gasteiger charge is -2.04. The van der Waals surface area contributed by atoms with Crippen molar-refractivity contribution in [3.63, 3.8) is 0 Å². The summed E-state index contributed by atoms with van der Waals surface area (Å²) in [6.07, 6.45) is 1.94. The van der Waals surface area contributed by atoms with Crippen molar-refractivity contribution in [2.24, 2.45) is 0 Å². The summed E-state index contributed by atoms with van der Waals surface area (Å²) in [6, 6.07) is 5.92. The lowest BCUT2D eigenvalue weighted by Crippen LogP contribution is -2.04. The SMILES string of the molecule is Cc1cc(C)cc(-n2cc(CCO)c(C(=O)O)n2)c1. The third-order valence-corrected chi connectivity index (χ3v) is 2.84. The topological polar surface area (TPSA) is 75.4 Å². The molecule has 0 aliphatic rings. The van der Waals surface area contributed by atoms with Crippen molar-refractivity contribution in [2.45, 2.75) is 20.3 Å². The average Bonchev–Trinajstić information content (AvgIpc) is 2.72. The lowest BCUT2D eigenvalue weighted by molar-refractivity contribution is 0.0688. The van der Waals surface area contributed by atoms with E-state index in [1.165, 1.54) is 0 Å². The molecular weight excluding hydrogens is 244 g/mol. The number of aromatic nitrogens is 2. The third-order valence-electron chi connectivity index (χ3n) is 2.84. The van der Waals surface area contributed by atoms with Gasteiger partial charge in [-0.1, -0.05) is 6.07 Å². The largest absolute Gasteiger partial charge is 0.476 e. The van der Waals surface area contributed by atoms with Crippen LogP contribution >= 0.6 is 0 Å². The van der Waals surface area contributed by atoms with Gasteiger partial charge >= 0.3 is 5.97 Å². The second kappa shape index (κ2) is 5.24. The highest BCUT2D eigenvalue weighted by Gasteiger charge is 2.16. The Labute approximate surface area is 111 Å². The molecule has 0 amide bonds. The zero-order chi connectivity index (χ0) is 14.0. The van der Waals surface area contributed by atoms with Crippen LogP contribution in [0, 0.1) is 13.8 Å². The Balaban J connectivity index is 2.50. The molecule has 2 N–H and O–H groups in total. The van der Waals surface area contributed by atoms with Gasteiger partial charge in [0.15, 0.2) is 5.69 Å². The maximum atomic E-state index is 11.1. The summed E-state index contributed by atoms with van der Waals surface area (Å²) in [4.78, 5) is 11.1. The number of rotatable bonds is 4. The van der Waals surface area contributed by atoms with E-state index in [-0.39, 0.29) is 18.7 Å². The number of hydrogen-bond donors (Lipinski definition) is 2. The summed E-state index contributed by atoms with van der Waals surface area (Å²) in [6.45, 7) is 3.86. The molecule has 0 spiro atoms. The Bertz CT molecular complexity index is 597. The zero-order valence-electron chi connectivity index (χ0n) is 10.9. The molecular formula is C14H16N2O3. The van der Waals surface area contributed by atoms with Crippen molar-refractivity contribution in [3.05, 3.63) is 46.8 Å². The van der Waals surface area contributed by atoms with Crippen LogP contribution in [0.4, 0.5) is 0 Å². The highest BCUT2D eigenvalue weighted by molar-refractivity contribution is 5.87. The van der Waals surface area contributed by atoms with Gasteiger partial charge in [0, 0.05) is 18.4 Å². The van der Waals surface area contributed by atoms with Gasteiger partial charge in [-0.2, -0.15) is 5.10 Å². The minimum Gasteiger partial charge on any atom is -0.476 e. The van der Waals surface area contributed by atoms with Crippen LogP contribution in [0.3, 0.4) is 0 Å². The van der Waals surface area contributed by atoms with Crippen LogP contribution in [-0.2, 0) is 6.42 Å².